The van der Waals surface area contributed by atoms with Crippen LogP contribution in [-0.2, 0) is 27.2 Å². The second kappa shape index (κ2) is 9.13. The fourth-order valence-corrected chi connectivity index (χ4v) is 8.70. The fourth-order valence-electron chi connectivity index (χ4n) is 7.35. The zero-order valence-corrected chi connectivity index (χ0v) is 23.4. The molecule has 8 rings (SSSR count). The smallest absolute Gasteiger partial charge is 0.319 e. The zero-order valence-electron chi connectivity index (χ0n) is 22.6. The van der Waals surface area contributed by atoms with Gasteiger partial charge >= 0.3 is 5.97 Å². The number of benzene rings is 3. The molecule has 206 valence electrons. The van der Waals surface area contributed by atoms with Gasteiger partial charge in [0.05, 0.1) is 30.4 Å². The second-order valence-electron chi connectivity index (χ2n) is 11.2. The van der Waals surface area contributed by atoms with Crippen LogP contribution in [0.15, 0.2) is 66.7 Å². The van der Waals surface area contributed by atoms with Crippen LogP contribution < -0.4 is 14.4 Å². The van der Waals surface area contributed by atoms with Crippen molar-refractivity contribution in [1.29, 1.82) is 5.26 Å². The predicted octanol–water partition coefficient (Wildman–Crippen LogP) is 5.79. The first kappa shape index (κ1) is 25.0. The number of nitrogens with zero attached hydrogens (tertiary/aromatic N) is 2. The van der Waals surface area contributed by atoms with Crippen molar-refractivity contribution in [3.05, 3.63) is 93.9 Å². The van der Waals surface area contributed by atoms with Crippen molar-refractivity contribution in [3.8, 4) is 17.6 Å². The van der Waals surface area contributed by atoms with Gasteiger partial charge in [-0.1, -0.05) is 48.5 Å². The number of anilines is 1. The normalized spacial score (nSPS) is 24.0. The first-order chi connectivity index (χ1) is 20.5. The number of nitriles is 1. The van der Waals surface area contributed by atoms with Gasteiger partial charge < -0.3 is 9.47 Å². The molecule has 0 unspecified atom stereocenters. The third-order valence-corrected chi connectivity index (χ3v) is 10.5. The third kappa shape index (κ3) is 3.34. The van der Waals surface area contributed by atoms with Crippen molar-refractivity contribution in [3.63, 3.8) is 0 Å². The van der Waals surface area contributed by atoms with Crippen LogP contribution in [0.25, 0.3) is 16.3 Å². The highest BCUT2D eigenvalue weighted by atomic mass is 32.1. The Balaban J connectivity index is 1.35. The molecule has 4 aliphatic rings. The summed E-state index contributed by atoms with van der Waals surface area (Å²) in [4.78, 5) is 44.8. The molecule has 0 N–H and O–H groups in total. The van der Waals surface area contributed by atoms with Crippen molar-refractivity contribution in [2.24, 2.45) is 17.8 Å². The Morgan fingerprint density at radius 3 is 2.55 bits per heavy atom. The number of hydrogen-bond donors (Lipinski definition) is 0. The quantitative estimate of drug-likeness (QED) is 0.175. The van der Waals surface area contributed by atoms with Gasteiger partial charge in [0.2, 0.25) is 11.8 Å². The summed E-state index contributed by atoms with van der Waals surface area (Å²) in [6.07, 6.45) is 4.54. The molecule has 0 radical (unpaired) electrons. The SMILES string of the molecule is COc1ccc([C@@H]2C=C3c4c(ccc5ccccc45)OC(=O)[C@@H]3[C@@H]3C(=O)N(c4sc5c(c4C#N)CCC5)C(=O)[C@@H]32)cc1. The number of thiophene rings is 1. The molecule has 4 aromatic rings. The topological polar surface area (TPSA) is 96.7 Å². The monoisotopic (exact) mass is 572 g/mol. The molecule has 3 heterocycles. The lowest BCUT2D eigenvalue weighted by Crippen LogP contribution is -2.42. The van der Waals surface area contributed by atoms with E-state index >= 15 is 0 Å². The Morgan fingerprint density at radius 2 is 1.76 bits per heavy atom. The Morgan fingerprint density at radius 1 is 0.976 bits per heavy atom. The maximum absolute atomic E-state index is 14.4. The maximum Gasteiger partial charge on any atom is 0.319 e. The van der Waals surface area contributed by atoms with E-state index in [1.807, 2.05) is 60.7 Å². The van der Waals surface area contributed by atoms with Crippen LogP contribution in [-0.4, -0.2) is 24.9 Å². The zero-order chi connectivity index (χ0) is 28.7. The number of rotatable bonds is 3. The summed E-state index contributed by atoms with van der Waals surface area (Å²) in [6, 6.07) is 21.3. The molecular formula is C34H24N2O5S. The highest BCUT2D eigenvalue weighted by Gasteiger charge is 2.61. The number of carbonyl (C=O) groups is 3. The van der Waals surface area contributed by atoms with Crippen LogP contribution in [0.2, 0.25) is 0 Å². The van der Waals surface area contributed by atoms with Crippen LogP contribution in [0.5, 0.6) is 11.5 Å². The number of carbonyl (C=O) groups excluding carboxylic acids is 3. The number of hydrogen-bond acceptors (Lipinski definition) is 7. The summed E-state index contributed by atoms with van der Waals surface area (Å²) in [5.41, 5.74) is 3.67. The number of imide groups is 1. The van der Waals surface area contributed by atoms with Crippen LogP contribution in [0, 0.1) is 29.1 Å². The highest BCUT2D eigenvalue weighted by molar-refractivity contribution is 7.17. The van der Waals surface area contributed by atoms with Crippen LogP contribution in [0.3, 0.4) is 0 Å². The molecule has 3 aromatic carbocycles. The number of amides is 2. The van der Waals surface area contributed by atoms with E-state index in [9.17, 15) is 19.6 Å². The van der Waals surface area contributed by atoms with E-state index in [2.05, 4.69) is 6.07 Å². The third-order valence-electron chi connectivity index (χ3n) is 9.20. The molecule has 7 nitrogen and oxygen atoms in total. The lowest BCUT2D eigenvalue weighted by molar-refractivity contribution is -0.142. The van der Waals surface area contributed by atoms with Gasteiger partial charge in [-0.2, -0.15) is 5.26 Å². The van der Waals surface area contributed by atoms with E-state index in [0.29, 0.717) is 27.6 Å². The van der Waals surface area contributed by atoms with E-state index in [-0.39, 0.29) is 5.91 Å². The highest BCUT2D eigenvalue weighted by Crippen LogP contribution is 2.57. The average molecular weight is 573 g/mol. The summed E-state index contributed by atoms with van der Waals surface area (Å²) in [5.74, 6) is -3.46. The molecule has 42 heavy (non-hydrogen) atoms. The van der Waals surface area contributed by atoms with E-state index in [1.54, 1.807) is 13.2 Å². The molecule has 4 atom stereocenters. The lowest BCUT2D eigenvalue weighted by Gasteiger charge is -2.38. The van der Waals surface area contributed by atoms with Gasteiger partial charge in [-0.15, -0.1) is 11.3 Å². The molecule has 0 saturated carbocycles. The van der Waals surface area contributed by atoms with Gasteiger partial charge in [-0.05, 0) is 64.9 Å². The summed E-state index contributed by atoms with van der Waals surface area (Å²) in [6.45, 7) is 0. The van der Waals surface area contributed by atoms with Gasteiger partial charge in [0.15, 0.2) is 0 Å². The Labute approximate surface area is 245 Å². The van der Waals surface area contributed by atoms with Gasteiger partial charge in [0, 0.05) is 16.4 Å². The van der Waals surface area contributed by atoms with Crippen molar-refractivity contribution in [2.75, 3.05) is 12.0 Å². The Hall–Kier alpha value is -4.74. The summed E-state index contributed by atoms with van der Waals surface area (Å²) in [7, 11) is 1.59. The number of methoxy groups -OCH3 is 1. The molecule has 2 aliphatic heterocycles. The van der Waals surface area contributed by atoms with Crippen LogP contribution in [0.4, 0.5) is 5.00 Å². The van der Waals surface area contributed by atoms with Crippen LogP contribution >= 0.6 is 11.3 Å². The maximum atomic E-state index is 14.4. The molecule has 1 saturated heterocycles. The van der Waals surface area contributed by atoms with Crippen molar-refractivity contribution in [1.82, 2.24) is 0 Å². The number of esters is 1. The summed E-state index contributed by atoms with van der Waals surface area (Å²) < 4.78 is 11.3. The molecule has 0 bridgehead atoms. The molecule has 1 aromatic heterocycles. The molecule has 1 fully saturated rings. The lowest BCUT2D eigenvalue weighted by atomic mass is 9.64. The first-order valence-corrected chi connectivity index (χ1v) is 14.8. The second-order valence-corrected chi connectivity index (χ2v) is 12.3. The Kier molecular flexibility index (Phi) is 5.44. The number of ether oxygens (including phenoxy) is 2. The first-order valence-electron chi connectivity index (χ1n) is 14.0. The van der Waals surface area contributed by atoms with Gasteiger partial charge in [-0.3, -0.25) is 14.4 Å². The minimum absolute atomic E-state index is 0.381. The van der Waals surface area contributed by atoms with E-state index < -0.39 is 35.5 Å². The molecule has 2 aliphatic carbocycles. The number of allylic oxidation sites excluding steroid dienone is 1. The fraction of sp³-hybridized carbons (Fsp3) is 0.235. The van der Waals surface area contributed by atoms with Crippen LogP contribution in [0.1, 0.15) is 39.5 Å². The number of fused-ring (bicyclic) bond motifs is 8. The Bertz CT molecular complexity index is 1930. The molecular weight excluding hydrogens is 548 g/mol. The van der Waals surface area contributed by atoms with Crippen molar-refractivity contribution >= 4 is 50.5 Å². The standard InChI is InChI=1S/C34H24N2O5S/c1-40-19-12-9-18(10-13-19)22-15-23-27-20-6-3-2-5-17(20)11-14-25(27)41-34(39)29(23)30-28(22)31(37)36(32(30)38)33-24(16-35)21-7-4-8-26(21)42-33/h2-3,5-6,9-15,22,28-30H,4,7-8H2,1H3/t22-,28+,29-,30+/m0/s1. The average Bonchev–Trinajstić information content (AvgIpc) is 3.68. The predicted molar refractivity (Wildman–Crippen MR) is 157 cm³/mol. The van der Waals surface area contributed by atoms with E-state index in [1.165, 1.54) is 16.2 Å². The minimum atomic E-state index is -0.965. The summed E-state index contributed by atoms with van der Waals surface area (Å²) >= 11 is 1.36. The largest absolute Gasteiger partial charge is 0.497 e. The van der Waals surface area contributed by atoms with E-state index in [4.69, 9.17) is 9.47 Å². The van der Waals surface area contributed by atoms with Crippen molar-refractivity contribution < 1.29 is 23.9 Å². The van der Waals surface area contributed by atoms with Gasteiger partial charge in [0.25, 0.3) is 0 Å². The van der Waals surface area contributed by atoms with Gasteiger partial charge in [0.1, 0.15) is 22.6 Å². The van der Waals surface area contributed by atoms with Gasteiger partial charge in [-0.25, -0.2) is 4.90 Å². The number of aryl methyl sites for hydroxylation is 1. The van der Waals surface area contributed by atoms with E-state index in [0.717, 1.165) is 51.6 Å². The molecule has 0 spiro atoms. The minimum Gasteiger partial charge on any atom is -0.497 e. The molecule has 2 amide bonds. The summed E-state index contributed by atoms with van der Waals surface area (Å²) in [5, 5.41) is 12.4. The molecule has 8 heteroatoms. The van der Waals surface area contributed by atoms with Crippen molar-refractivity contribution in [2.45, 2.75) is 25.2 Å².